The highest BCUT2D eigenvalue weighted by Crippen LogP contribution is 2.14. The van der Waals surface area contributed by atoms with Gasteiger partial charge in [0.2, 0.25) is 0 Å². The molecule has 0 saturated heterocycles. The zero-order valence-electron chi connectivity index (χ0n) is 15.4. The number of para-hydroxylation sites is 1. The standard InChI is InChI=1S/C21H23NO5/c1-3-26-18-11-9-16(10-12-18)19(23)13-14-20(24)27-15(2)21(25)22-17-7-5-4-6-8-17/h4-12,15H,3,13-14H2,1-2H3,(H,22,25). The Labute approximate surface area is 158 Å². The number of ketones is 1. The van der Waals surface area contributed by atoms with Crippen LogP contribution >= 0.6 is 0 Å². The van der Waals surface area contributed by atoms with E-state index in [0.717, 1.165) is 0 Å². The van der Waals surface area contributed by atoms with Crippen molar-refractivity contribution in [3.8, 4) is 5.75 Å². The lowest BCUT2D eigenvalue weighted by Crippen LogP contribution is -2.30. The van der Waals surface area contributed by atoms with Gasteiger partial charge in [0.25, 0.3) is 5.91 Å². The summed E-state index contributed by atoms with van der Waals surface area (Å²) in [7, 11) is 0. The van der Waals surface area contributed by atoms with Crippen molar-refractivity contribution >= 4 is 23.3 Å². The molecule has 1 amide bonds. The van der Waals surface area contributed by atoms with Gasteiger partial charge in [-0.15, -0.1) is 0 Å². The number of esters is 1. The average Bonchev–Trinajstić information content (AvgIpc) is 2.67. The van der Waals surface area contributed by atoms with Gasteiger partial charge in [0.1, 0.15) is 5.75 Å². The molecule has 0 aliphatic heterocycles. The van der Waals surface area contributed by atoms with Crippen LogP contribution in [-0.2, 0) is 14.3 Å². The molecule has 0 fully saturated rings. The highest BCUT2D eigenvalue weighted by molar-refractivity contribution is 5.98. The van der Waals surface area contributed by atoms with Crippen LogP contribution in [0, 0.1) is 0 Å². The van der Waals surface area contributed by atoms with Gasteiger partial charge in [-0.05, 0) is 50.2 Å². The van der Waals surface area contributed by atoms with Gasteiger partial charge in [-0.1, -0.05) is 18.2 Å². The van der Waals surface area contributed by atoms with E-state index in [9.17, 15) is 14.4 Å². The van der Waals surface area contributed by atoms with Crippen LogP contribution in [-0.4, -0.2) is 30.4 Å². The summed E-state index contributed by atoms with van der Waals surface area (Å²) in [6, 6.07) is 15.6. The third-order valence-corrected chi connectivity index (χ3v) is 3.76. The minimum atomic E-state index is -0.946. The fraction of sp³-hybridized carbons (Fsp3) is 0.286. The predicted molar refractivity (Wildman–Crippen MR) is 102 cm³/mol. The van der Waals surface area contributed by atoms with Crippen molar-refractivity contribution in [2.75, 3.05) is 11.9 Å². The summed E-state index contributed by atoms with van der Waals surface area (Å²) in [6.45, 7) is 3.92. The number of nitrogens with one attached hydrogen (secondary N) is 1. The van der Waals surface area contributed by atoms with Crippen LogP contribution in [0.3, 0.4) is 0 Å². The summed E-state index contributed by atoms with van der Waals surface area (Å²) in [5, 5.41) is 2.66. The molecule has 0 saturated carbocycles. The monoisotopic (exact) mass is 369 g/mol. The molecule has 2 rings (SSSR count). The number of rotatable bonds is 9. The molecule has 27 heavy (non-hydrogen) atoms. The van der Waals surface area contributed by atoms with Crippen molar-refractivity contribution in [1.82, 2.24) is 0 Å². The number of hydrogen-bond acceptors (Lipinski definition) is 5. The minimum Gasteiger partial charge on any atom is -0.494 e. The number of Topliss-reactive ketones (excluding diaryl/α,β-unsaturated/α-hetero) is 1. The second-order valence-electron chi connectivity index (χ2n) is 5.87. The van der Waals surface area contributed by atoms with E-state index in [4.69, 9.17) is 9.47 Å². The van der Waals surface area contributed by atoms with E-state index in [0.29, 0.717) is 23.6 Å². The first-order valence-corrected chi connectivity index (χ1v) is 8.81. The number of anilines is 1. The van der Waals surface area contributed by atoms with E-state index in [1.54, 1.807) is 48.5 Å². The fourth-order valence-corrected chi connectivity index (χ4v) is 2.34. The zero-order valence-corrected chi connectivity index (χ0v) is 15.4. The number of ether oxygens (including phenoxy) is 2. The second kappa shape index (κ2) is 10.1. The first kappa shape index (κ1) is 20.2. The Balaban J connectivity index is 1.77. The van der Waals surface area contributed by atoms with Crippen molar-refractivity contribution in [2.45, 2.75) is 32.8 Å². The summed E-state index contributed by atoms with van der Waals surface area (Å²) in [4.78, 5) is 36.1. The minimum absolute atomic E-state index is 0.0137. The summed E-state index contributed by atoms with van der Waals surface area (Å²) in [5.41, 5.74) is 1.12. The molecule has 142 valence electrons. The summed E-state index contributed by atoms with van der Waals surface area (Å²) in [5.74, 6) is -0.500. The Bertz CT molecular complexity index is 771. The van der Waals surface area contributed by atoms with E-state index >= 15 is 0 Å². The van der Waals surface area contributed by atoms with Crippen LogP contribution in [0.5, 0.6) is 5.75 Å². The Morgan fingerprint density at radius 1 is 0.963 bits per heavy atom. The maximum atomic E-state index is 12.2. The zero-order chi connectivity index (χ0) is 19.6. The predicted octanol–water partition coefficient (Wildman–Crippen LogP) is 3.62. The molecular weight excluding hydrogens is 346 g/mol. The number of benzene rings is 2. The Kier molecular flexibility index (Phi) is 7.55. The van der Waals surface area contributed by atoms with Gasteiger partial charge in [-0.25, -0.2) is 0 Å². The van der Waals surface area contributed by atoms with Crippen molar-refractivity contribution < 1.29 is 23.9 Å². The molecule has 0 heterocycles. The highest BCUT2D eigenvalue weighted by Gasteiger charge is 2.19. The smallest absolute Gasteiger partial charge is 0.307 e. The first-order valence-electron chi connectivity index (χ1n) is 8.81. The van der Waals surface area contributed by atoms with E-state index in [2.05, 4.69) is 5.32 Å². The molecule has 2 aromatic carbocycles. The lowest BCUT2D eigenvalue weighted by Gasteiger charge is -2.13. The molecule has 0 aliphatic rings. The van der Waals surface area contributed by atoms with Crippen LogP contribution in [0.2, 0.25) is 0 Å². The fourth-order valence-electron chi connectivity index (χ4n) is 2.34. The molecule has 0 spiro atoms. The molecule has 1 unspecified atom stereocenters. The lowest BCUT2D eigenvalue weighted by atomic mass is 10.1. The van der Waals surface area contributed by atoms with Crippen LogP contribution in [0.4, 0.5) is 5.69 Å². The highest BCUT2D eigenvalue weighted by atomic mass is 16.5. The van der Waals surface area contributed by atoms with E-state index in [1.807, 2.05) is 13.0 Å². The Hall–Kier alpha value is -3.15. The molecule has 0 bridgehead atoms. The Morgan fingerprint density at radius 2 is 1.63 bits per heavy atom. The molecule has 0 aromatic heterocycles. The van der Waals surface area contributed by atoms with Crippen molar-refractivity contribution in [1.29, 1.82) is 0 Å². The largest absolute Gasteiger partial charge is 0.494 e. The van der Waals surface area contributed by atoms with Crippen LogP contribution in [0.15, 0.2) is 54.6 Å². The topological polar surface area (TPSA) is 81.7 Å². The van der Waals surface area contributed by atoms with Crippen LogP contribution in [0.1, 0.15) is 37.0 Å². The Morgan fingerprint density at radius 3 is 2.26 bits per heavy atom. The van der Waals surface area contributed by atoms with E-state index in [1.165, 1.54) is 6.92 Å². The third kappa shape index (κ3) is 6.58. The quantitative estimate of drug-likeness (QED) is 0.539. The molecule has 6 nitrogen and oxygen atoms in total. The van der Waals surface area contributed by atoms with Crippen molar-refractivity contribution in [2.24, 2.45) is 0 Å². The maximum Gasteiger partial charge on any atom is 0.307 e. The number of carbonyl (C=O) groups is 3. The molecule has 6 heteroatoms. The van der Waals surface area contributed by atoms with E-state index < -0.39 is 18.0 Å². The van der Waals surface area contributed by atoms with Gasteiger partial charge in [0, 0.05) is 17.7 Å². The first-order chi connectivity index (χ1) is 13.0. The molecular formula is C21H23NO5. The van der Waals surface area contributed by atoms with Crippen molar-refractivity contribution in [3.63, 3.8) is 0 Å². The van der Waals surface area contributed by atoms with Gasteiger partial charge in [0.15, 0.2) is 11.9 Å². The van der Waals surface area contributed by atoms with Gasteiger partial charge < -0.3 is 14.8 Å². The van der Waals surface area contributed by atoms with Gasteiger partial charge in [0.05, 0.1) is 13.0 Å². The third-order valence-electron chi connectivity index (χ3n) is 3.76. The molecule has 1 atom stereocenters. The summed E-state index contributed by atoms with van der Waals surface area (Å²) < 4.78 is 10.4. The van der Waals surface area contributed by atoms with Gasteiger partial charge in [-0.2, -0.15) is 0 Å². The van der Waals surface area contributed by atoms with Crippen LogP contribution in [0.25, 0.3) is 0 Å². The maximum absolute atomic E-state index is 12.2. The summed E-state index contributed by atoms with van der Waals surface area (Å²) in [6.07, 6.45) is -1.02. The molecule has 2 aromatic rings. The average molecular weight is 369 g/mol. The van der Waals surface area contributed by atoms with Crippen molar-refractivity contribution in [3.05, 3.63) is 60.2 Å². The van der Waals surface area contributed by atoms with Gasteiger partial charge in [-0.3, -0.25) is 14.4 Å². The second-order valence-corrected chi connectivity index (χ2v) is 5.87. The summed E-state index contributed by atoms with van der Waals surface area (Å²) >= 11 is 0. The number of hydrogen-bond donors (Lipinski definition) is 1. The normalized spacial score (nSPS) is 11.3. The number of carbonyl (C=O) groups excluding carboxylic acids is 3. The number of amides is 1. The lowest BCUT2D eigenvalue weighted by molar-refractivity contribution is -0.153. The van der Waals surface area contributed by atoms with Crippen LogP contribution < -0.4 is 10.1 Å². The van der Waals surface area contributed by atoms with E-state index in [-0.39, 0.29) is 18.6 Å². The SMILES string of the molecule is CCOc1ccc(C(=O)CCC(=O)OC(C)C(=O)Nc2ccccc2)cc1. The molecule has 0 radical (unpaired) electrons. The molecule has 0 aliphatic carbocycles. The van der Waals surface area contributed by atoms with Gasteiger partial charge >= 0.3 is 5.97 Å². The molecule has 1 N–H and O–H groups in total.